The number of ether oxygens (including phenoxy) is 1. The lowest BCUT2D eigenvalue weighted by Gasteiger charge is -2.07. The molecule has 0 bridgehead atoms. The van der Waals surface area contributed by atoms with Crippen LogP contribution in [-0.4, -0.2) is 14.5 Å². The number of nitrogens with zero attached hydrogens (tertiary/aromatic N) is 1. The number of nitrogens with two attached hydrogens (primary N) is 1. The summed E-state index contributed by atoms with van der Waals surface area (Å²) in [4.78, 5) is 0.0134. The highest BCUT2D eigenvalue weighted by molar-refractivity contribution is 7.89. The van der Waals surface area contributed by atoms with Crippen molar-refractivity contribution >= 4 is 10.0 Å². The normalized spacial score (nSPS) is 12.9. The molecular weight excluding hydrogens is 216 g/mol. The maximum absolute atomic E-state index is 10.9. The zero-order valence-electron chi connectivity index (χ0n) is 8.04. The summed E-state index contributed by atoms with van der Waals surface area (Å²) in [7, 11) is -3.67. The second-order valence-corrected chi connectivity index (χ2v) is 4.47. The van der Waals surface area contributed by atoms with Crippen LogP contribution < -0.4 is 9.88 Å². The molecule has 0 spiro atoms. The van der Waals surface area contributed by atoms with E-state index in [1.165, 1.54) is 24.3 Å². The Labute approximate surface area is 88.1 Å². The Balaban J connectivity index is 2.88. The molecule has 0 amide bonds. The smallest absolute Gasteiger partial charge is 0.238 e. The molecule has 1 atom stereocenters. The molecule has 5 nitrogen and oxygen atoms in total. The molecular formula is C9H10N2O3S. The summed E-state index contributed by atoms with van der Waals surface area (Å²) in [5, 5.41) is 13.4. The van der Waals surface area contributed by atoms with Crippen LogP contribution in [0.4, 0.5) is 0 Å². The highest BCUT2D eigenvalue weighted by Crippen LogP contribution is 2.15. The van der Waals surface area contributed by atoms with Crippen molar-refractivity contribution in [1.82, 2.24) is 0 Å². The molecule has 2 N–H and O–H groups in total. The summed E-state index contributed by atoms with van der Waals surface area (Å²) in [5.74, 6) is 0.427. The number of primary sulfonamides is 1. The van der Waals surface area contributed by atoms with Crippen molar-refractivity contribution in [2.24, 2.45) is 5.14 Å². The Morgan fingerprint density at radius 2 is 1.93 bits per heavy atom. The van der Waals surface area contributed by atoms with Crippen molar-refractivity contribution in [3.8, 4) is 11.8 Å². The number of rotatable bonds is 3. The van der Waals surface area contributed by atoms with Crippen molar-refractivity contribution in [1.29, 1.82) is 5.26 Å². The average molecular weight is 226 g/mol. The molecule has 0 radical (unpaired) electrons. The fraction of sp³-hybridized carbons (Fsp3) is 0.222. The molecule has 0 aliphatic heterocycles. The zero-order chi connectivity index (χ0) is 11.5. The lowest BCUT2D eigenvalue weighted by Crippen LogP contribution is -2.12. The van der Waals surface area contributed by atoms with Crippen LogP contribution in [-0.2, 0) is 10.0 Å². The number of benzene rings is 1. The van der Waals surface area contributed by atoms with Crippen molar-refractivity contribution in [3.05, 3.63) is 24.3 Å². The van der Waals surface area contributed by atoms with E-state index in [1.54, 1.807) is 6.92 Å². The summed E-state index contributed by atoms with van der Waals surface area (Å²) in [6, 6.07) is 7.45. The molecule has 1 aromatic carbocycles. The van der Waals surface area contributed by atoms with E-state index in [-0.39, 0.29) is 4.90 Å². The number of sulfonamides is 1. The van der Waals surface area contributed by atoms with Crippen molar-refractivity contribution < 1.29 is 13.2 Å². The molecule has 0 aliphatic rings. The molecule has 1 unspecified atom stereocenters. The van der Waals surface area contributed by atoms with Gasteiger partial charge in [0.15, 0.2) is 6.10 Å². The van der Waals surface area contributed by atoms with Crippen LogP contribution in [0, 0.1) is 11.3 Å². The second kappa shape index (κ2) is 4.29. The Bertz CT molecular complexity index is 473. The third-order valence-corrected chi connectivity index (χ3v) is 2.58. The predicted octanol–water partition coefficient (Wildman–Crippen LogP) is 0.625. The van der Waals surface area contributed by atoms with Gasteiger partial charge in [0.2, 0.25) is 10.0 Å². The highest BCUT2D eigenvalue weighted by atomic mass is 32.2. The fourth-order valence-corrected chi connectivity index (χ4v) is 1.45. The molecule has 80 valence electrons. The van der Waals surface area contributed by atoms with Gasteiger partial charge in [0, 0.05) is 0 Å². The van der Waals surface area contributed by atoms with Crippen LogP contribution >= 0.6 is 0 Å². The van der Waals surface area contributed by atoms with Crippen LogP contribution in [0.5, 0.6) is 5.75 Å². The molecule has 1 rings (SSSR count). The van der Waals surface area contributed by atoms with Crippen molar-refractivity contribution in [2.75, 3.05) is 0 Å². The number of hydrogen-bond donors (Lipinski definition) is 1. The third kappa shape index (κ3) is 3.23. The van der Waals surface area contributed by atoms with Gasteiger partial charge in [-0.3, -0.25) is 0 Å². The van der Waals surface area contributed by atoms with E-state index in [2.05, 4.69) is 0 Å². The standard InChI is InChI=1S/C9H10N2O3S/c1-7(6-10)14-8-2-4-9(5-3-8)15(11,12)13/h2-5,7H,1H3,(H2,11,12,13). The first-order valence-corrected chi connectivity index (χ1v) is 5.67. The van der Waals surface area contributed by atoms with Gasteiger partial charge in [-0.2, -0.15) is 5.26 Å². The largest absolute Gasteiger partial charge is 0.476 e. The quantitative estimate of drug-likeness (QED) is 0.817. The van der Waals surface area contributed by atoms with Gasteiger partial charge in [-0.25, -0.2) is 13.6 Å². The van der Waals surface area contributed by atoms with Crippen LogP contribution in [0.2, 0.25) is 0 Å². The van der Waals surface area contributed by atoms with E-state index < -0.39 is 16.1 Å². The first kappa shape index (κ1) is 11.5. The summed E-state index contributed by atoms with van der Waals surface area (Å²) in [6.45, 7) is 1.59. The molecule has 0 aliphatic carbocycles. The van der Waals surface area contributed by atoms with Gasteiger partial charge in [-0.1, -0.05) is 0 Å². The number of hydrogen-bond acceptors (Lipinski definition) is 4. The maximum Gasteiger partial charge on any atom is 0.238 e. The van der Waals surface area contributed by atoms with Gasteiger partial charge < -0.3 is 4.74 Å². The average Bonchev–Trinajstić information content (AvgIpc) is 2.17. The first-order chi connectivity index (χ1) is 6.93. The lowest BCUT2D eigenvalue weighted by atomic mass is 10.3. The number of nitriles is 1. The fourth-order valence-electron chi connectivity index (χ4n) is 0.938. The summed E-state index contributed by atoms with van der Waals surface area (Å²) in [5.41, 5.74) is 0. The minimum absolute atomic E-state index is 0.0134. The maximum atomic E-state index is 10.9. The van der Waals surface area contributed by atoms with E-state index >= 15 is 0 Å². The molecule has 15 heavy (non-hydrogen) atoms. The van der Waals surface area contributed by atoms with Crippen LogP contribution in [0.25, 0.3) is 0 Å². The van der Waals surface area contributed by atoms with Gasteiger partial charge in [-0.05, 0) is 31.2 Å². The van der Waals surface area contributed by atoms with E-state index in [1.807, 2.05) is 6.07 Å². The van der Waals surface area contributed by atoms with Crippen molar-refractivity contribution in [2.45, 2.75) is 17.9 Å². The molecule has 0 saturated heterocycles. The molecule has 0 aromatic heterocycles. The summed E-state index contributed by atoms with van der Waals surface area (Å²) in [6.07, 6.45) is -0.578. The molecule has 6 heteroatoms. The van der Waals surface area contributed by atoms with Crippen LogP contribution in [0.1, 0.15) is 6.92 Å². The Morgan fingerprint density at radius 1 is 1.40 bits per heavy atom. The summed E-state index contributed by atoms with van der Waals surface area (Å²) >= 11 is 0. The van der Waals surface area contributed by atoms with Gasteiger partial charge in [0.25, 0.3) is 0 Å². The molecule has 1 aromatic rings. The molecule has 0 heterocycles. The molecule has 0 saturated carbocycles. The van der Waals surface area contributed by atoms with E-state index in [0.717, 1.165) is 0 Å². The monoisotopic (exact) mass is 226 g/mol. The van der Waals surface area contributed by atoms with Gasteiger partial charge >= 0.3 is 0 Å². The summed E-state index contributed by atoms with van der Waals surface area (Å²) < 4.78 is 26.9. The van der Waals surface area contributed by atoms with Crippen molar-refractivity contribution in [3.63, 3.8) is 0 Å². The molecule has 0 fully saturated rings. The van der Waals surface area contributed by atoms with Crippen LogP contribution in [0.3, 0.4) is 0 Å². The van der Waals surface area contributed by atoms with Crippen LogP contribution in [0.15, 0.2) is 29.2 Å². The Morgan fingerprint density at radius 3 is 2.33 bits per heavy atom. The van der Waals surface area contributed by atoms with E-state index in [0.29, 0.717) is 5.75 Å². The van der Waals surface area contributed by atoms with Gasteiger partial charge in [0.1, 0.15) is 11.8 Å². The Hall–Kier alpha value is -1.58. The minimum atomic E-state index is -3.67. The van der Waals surface area contributed by atoms with Gasteiger partial charge in [-0.15, -0.1) is 0 Å². The minimum Gasteiger partial charge on any atom is -0.476 e. The van der Waals surface area contributed by atoms with E-state index in [9.17, 15) is 8.42 Å². The first-order valence-electron chi connectivity index (χ1n) is 4.12. The predicted molar refractivity (Wildman–Crippen MR) is 53.5 cm³/mol. The lowest BCUT2D eigenvalue weighted by molar-refractivity contribution is 0.276. The SMILES string of the molecule is CC(C#N)Oc1ccc(S(N)(=O)=O)cc1. The second-order valence-electron chi connectivity index (χ2n) is 2.91. The third-order valence-electron chi connectivity index (χ3n) is 1.65. The topological polar surface area (TPSA) is 93.2 Å². The zero-order valence-corrected chi connectivity index (χ0v) is 8.86. The highest BCUT2D eigenvalue weighted by Gasteiger charge is 2.07. The Kier molecular flexibility index (Phi) is 3.29. The van der Waals surface area contributed by atoms with E-state index in [4.69, 9.17) is 15.1 Å². The van der Waals surface area contributed by atoms with Gasteiger partial charge in [0.05, 0.1) is 4.90 Å².